The number of aliphatic hydroxyl groups is 1. The van der Waals surface area contributed by atoms with Crippen molar-refractivity contribution in [1.82, 2.24) is 4.72 Å². The smallest absolute Gasteiger partial charge is 0.211 e. The summed E-state index contributed by atoms with van der Waals surface area (Å²) in [5, 5.41) is 8.50. The molecule has 1 aliphatic carbocycles. The standard InChI is InChI=1S/C9H19NO3S/c11-7-2-8-14(12,13)10-6-5-9-3-1-4-9/h9-11H,1-8H2. The summed E-state index contributed by atoms with van der Waals surface area (Å²) in [4.78, 5) is 0. The Morgan fingerprint density at radius 2 is 2.07 bits per heavy atom. The monoisotopic (exact) mass is 221 g/mol. The van der Waals surface area contributed by atoms with Crippen molar-refractivity contribution in [2.24, 2.45) is 5.92 Å². The van der Waals surface area contributed by atoms with Gasteiger partial charge in [0.15, 0.2) is 0 Å². The lowest BCUT2D eigenvalue weighted by Gasteiger charge is -2.25. The van der Waals surface area contributed by atoms with Crippen molar-refractivity contribution < 1.29 is 13.5 Å². The molecule has 0 amide bonds. The predicted molar refractivity (Wildman–Crippen MR) is 55.5 cm³/mol. The topological polar surface area (TPSA) is 66.4 Å². The van der Waals surface area contributed by atoms with Crippen molar-refractivity contribution >= 4 is 10.0 Å². The zero-order chi connectivity index (χ0) is 10.4. The first-order chi connectivity index (χ1) is 6.64. The summed E-state index contributed by atoms with van der Waals surface area (Å²) in [6, 6.07) is 0. The highest BCUT2D eigenvalue weighted by Crippen LogP contribution is 2.28. The molecule has 0 aromatic carbocycles. The fourth-order valence-electron chi connectivity index (χ4n) is 1.53. The van der Waals surface area contributed by atoms with Crippen LogP contribution in [0.2, 0.25) is 0 Å². The van der Waals surface area contributed by atoms with Gasteiger partial charge in [0, 0.05) is 13.2 Å². The first kappa shape index (κ1) is 11.9. The summed E-state index contributed by atoms with van der Waals surface area (Å²) < 4.78 is 25.1. The van der Waals surface area contributed by atoms with Gasteiger partial charge in [-0.1, -0.05) is 19.3 Å². The zero-order valence-electron chi connectivity index (χ0n) is 8.41. The van der Waals surface area contributed by atoms with Gasteiger partial charge in [-0.2, -0.15) is 0 Å². The molecule has 84 valence electrons. The average molecular weight is 221 g/mol. The van der Waals surface area contributed by atoms with Gasteiger partial charge in [0.25, 0.3) is 0 Å². The Morgan fingerprint density at radius 3 is 2.57 bits per heavy atom. The molecule has 0 bridgehead atoms. The number of nitrogens with one attached hydrogen (secondary N) is 1. The van der Waals surface area contributed by atoms with Crippen LogP contribution in [-0.4, -0.2) is 32.4 Å². The third kappa shape index (κ3) is 4.39. The van der Waals surface area contributed by atoms with Gasteiger partial charge in [0.1, 0.15) is 0 Å². The molecular weight excluding hydrogens is 202 g/mol. The maximum Gasteiger partial charge on any atom is 0.211 e. The molecule has 1 saturated carbocycles. The van der Waals surface area contributed by atoms with E-state index in [-0.39, 0.29) is 12.4 Å². The van der Waals surface area contributed by atoms with Crippen molar-refractivity contribution in [3.8, 4) is 0 Å². The van der Waals surface area contributed by atoms with E-state index in [1.807, 2.05) is 0 Å². The van der Waals surface area contributed by atoms with Crippen LogP contribution >= 0.6 is 0 Å². The van der Waals surface area contributed by atoms with Gasteiger partial charge < -0.3 is 5.11 Å². The minimum Gasteiger partial charge on any atom is -0.396 e. The molecule has 0 atom stereocenters. The van der Waals surface area contributed by atoms with Crippen molar-refractivity contribution in [1.29, 1.82) is 0 Å². The molecule has 4 nitrogen and oxygen atoms in total. The quantitative estimate of drug-likeness (QED) is 0.657. The van der Waals surface area contributed by atoms with Crippen molar-refractivity contribution in [3.63, 3.8) is 0 Å². The van der Waals surface area contributed by atoms with Gasteiger partial charge in [-0.3, -0.25) is 0 Å². The van der Waals surface area contributed by atoms with E-state index >= 15 is 0 Å². The van der Waals surface area contributed by atoms with Crippen molar-refractivity contribution in [2.75, 3.05) is 18.9 Å². The van der Waals surface area contributed by atoms with Gasteiger partial charge >= 0.3 is 0 Å². The first-order valence-electron chi connectivity index (χ1n) is 5.22. The second kappa shape index (κ2) is 5.68. The highest BCUT2D eigenvalue weighted by Gasteiger charge is 2.17. The molecule has 2 N–H and O–H groups in total. The van der Waals surface area contributed by atoms with E-state index in [2.05, 4.69) is 4.72 Å². The van der Waals surface area contributed by atoms with Crippen molar-refractivity contribution in [2.45, 2.75) is 32.1 Å². The van der Waals surface area contributed by atoms with Gasteiger partial charge in [-0.15, -0.1) is 0 Å². The van der Waals surface area contributed by atoms with Crippen LogP contribution in [0.15, 0.2) is 0 Å². The maximum absolute atomic E-state index is 11.3. The molecular formula is C9H19NO3S. The highest BCUT2D eigenvalue weighted by molar-refractivity contribution is 7.89. The molecule has 0 saturated heterocycles. The fourth-order valence-corrected chi connectivity index (χ4v) is 2.61. The minimum atomic E-state index is -3.13. The molecule has 14 heavy (non-hydrogen) atoms. The second-order valence-electron chi connectivity index (χ2n) is 3.88. The molecule has 0 spiro atoms. The zero-order valence-corrected chi connectivity index (χ0v) is 9.22. The molecule has 0 aliphatic heterocycles. The van der Waals surface area contributed by atoms with E-state index in [9.17, 15) is 8.42 Å². The van der Waals surface area contributed by atoms with E-state index in [1.54, 1.807) is 0 Å². The van der Waals surface area contributed by atoms with Crippen LogP contribution in [0.5, 0.6) is 0 Å². The molecule has 0 radical (unpaired) electrons. The number of sulfonamides is 1. The van der Waals surface area contributed by atoms with Gasteiger partial charge in [-0.05, 0) is 18.8 Å². The average Bonchev–Trinajstić information content (AvgIpc) is 2.06. The number of hydrogen-bond donors (Lipinski definition) is 2. The maximum atomic E-state index is 11.3. The van der Waals surface area contributed by atoms with E-state index in [1.165, 1.54) is 19.3 Å². The predicted octanol–water partition coefficient (Wildman–Crippen LogP) is 0.478. The van der Waals surface area contributed by atoms with Gasteiger partial charge in [0.05, 0.1) is 5.75 Å². The Bertz CT molecular complexity index is 247. The largest absolute Gasteiger partial charge is 0.396 e. The lowest BCUT2D eigenvalue weighted by Crippen LogP contribution is -2.29. The summed E-state index contributed by atoms with van der Waals surface area (Å²) in [5.74, 6) is 0.768. The summed E-state index contributed by atoms with van der Waals surface area (Å²) in [5.41, 5.74) is 0. The molecule has 1 rings (SSSR count). The van der Waals surface area contributed by atoms with Crippen LogP contribution in [0.25, 0.3) is 0 Å². The lowest BCUT2D eigenvalue weighted by atomic mass is 9.83. The van der Waals surface area contributed by atoms with Crippen LogP contribution in [0.4, 0.5) is 0 Å². The van der Waals surface area contributed by atoms with Crippen LogP contribution in [0, 0.1) is 5.92 Å². The Hall–Kier alpha value is -0.130. The summed E-state index contributed by atoms with van der Waals surface area (Å²) >= 11 is 0. The summed E-state index contributed by atoms with van der Waals surface area (Å²) in [6.45, 7) is 0.488. The molecule has 0 aromatic heterocycles. The Kier molecular flexibility index (Phi) is 4.84. The minimum absolute atomic E-state index is 0.0359. The fraction of sp³-hybridized carbons (Fsp3) is 1.00. The number of hydrogen-bond acceptors (Lipinski definition) is 3. The molecule has 1 aliphatic rings. The van der Waals surface area contributed by atoms with Crippen LogP contribution in [0.3, 0.4) is 0 Å². The van der Waals surface area contributed by atoms with Gasteiger partial charge in [0.2, 0.25) is 10.0 Å². The van der Waals surface area contributed by atoms with E-state index in [0.29, 0.717) is 13.0 Å². The van der Waals surface area contributed by atoms with Crippen LogP contribution < -0.4 is 4.72 Å². The highest BCUT2D eigenvalue weighted by atomic mass is 32.2. The second-order valence-corrected chi connectivity index (χ2v) is 5.80. The molecule has 0 unspecified atom stereocenters. The van der Waals surface area contributed by atoms with E-state index in [4.69, 9.17) is 5.11 Å². The SMILES string of the molecule is O=S(=O)(CCCO)NCCC1CCC1. The first-order valence-corrected chi connectivity index (χ1v) is 6.87. The normalized spacial score (nSPS) is 18.1. The molecule has 0 aromatic rings. The third-order valence-corrected chi connectivity index (χ3v) is 4.14. The summed E-state index contributed by atoms with van der Waals surface area (Å²) in [7, 11) is -3.13. The Labute approximate surface area is 85.8 Å². The van der Waals surface area contributed by atoms with Crippen LogP contribution in [0.1, 0.15) is 32.1 Å². The summed E-state index contributed by atoms with van der Waals surface area (Å²) in [6.07, 6.45) is 5.07. The van der Waals surface area contributed by atoms with E-state index in [0.717, 1.165) is 12.3 Å². The van der Waals surface area contributed by atoms with Crippen LogP contribution in [-0.2, 0) is 10.0 Å². The van der Waals surface area contributed by atoms with E-state index < -0.39 is 10.0 Å². The molecule has 0 heterocycles. The molecule has 1 fully saturated rings. The Morgan fingerprint density at radius 1 is 1.36 bits per heavy atom. The number of rotatable bonds is 7. The third-order valence-electron chi connectivity index (χ3n) is 2.67. The number of aliphatic hydroxyl groups excluding tert-OH is 1. The van der Waals surface area contributed by atoms with Crippen molar-refractivity contribution in [3.05, 3.63) is 0 Å². The Balaban J connectivity index is 2.08. The lowest BCUT2D eigenvalue weighted by molar-refractivity contribution is 0.293. The molecule has 5 heteroatoms. The van der Waals surface area contributed by atoms with Gasteiger partial charge in [-0.25, -0.2) is 13.1 Å².